The standard InChI is InChI=1S/C20H19ClN4O2/c1-14-16(21)4-2-5-17(14)23-19(26)6-3-13-25-20(27)8-7-18(24-25)15-9-11-22-12-10-15/h2,4-5,7-12H,3,6,13H2,1H3,(H,23,26). The number of carbonyl (C=O) groups is 1. The molecule has 7 heteroatoms. The van der Waals surface area contributed by atoms with E-state index in [2.05, 4.69) is 15.4 Å². The molecule has 0 spiro atoms. The number of rotatable bonds is 6. The Morgan fingerprint density at radius 3 is 2.70 bits per heavy atom. The zero-order chi connectivity index (χ0) is 19.2. The van der Waals surface area contributed by atoms with Crippen LogP contribution in [0.25, 0.3) is 11.3 Å². The number of hydrogen-bond acceptors (Lipinski definition) is 4. The minimum atomic E-state index is -0.195. The fraction of sp³-hybridized carbons (Fsp3) is 0.200. The van der Waals surface area contributed by atoms with Crippen LogP contribution in [0.3, 0.4) is 0 Å². The molecule has 27 heavy (non-hydrogen) atoms. The van der Waals surface area contributed by atoms with Gasteiger partial charge in [-0.1, -0.05) is 17.7 Å². The molecule has 0 radical (unpaired) electrons. The quantitative estimate of drug-likeness (QED) is 0.705. The number of halogens is 1. The van der Waals surface area contributed by atoms with Gasteiger partial charge in [0.05, 0.1) is 5.69 Å². The number of nitrogens with one attached hydrogen (secondary N) is 1. The van der Waals surface area contributed by atoms with Crippen molar-refractivity contribution in [2.24, 2.45) is 0 Å². The molecule has 1 amide bonds. The second-order valence-electron chi connectivity index (χ2n) is 6.08. The molecule has 0 atom stereocenters. The lowest BCUT2D eigenvalue weighted by atomic mass is 10.2. The van der Waals surface area contributed by atoms with Crippen molar-refractivity contribution >= 4 is 23.2 Å². The zero-order valence-electron chi connectivity index (χ0n) is 14.9. The molecule has 6 nitrogen and oxygen atoms in total. The molecule has 138 valence electrons. The SMILES string of the molecule is Cc1c(Cl)cccc1NC(=O)CCCn1nc(-c2ccncc2)ccc1=O. The number of benzene rings is 1. The van der Waals surface area contributed by atoms with Gasteiger partial charge in [-0.25, -0.2) is 4.68 Å². The molecular weight excluding hydrogens is 364 g/mol. The van der Waals surface area contributed by atoms with Crippen LogP contribution in [0.2, 0.25) is 5.02 Å². The lowest BCUT2D eigenvalue weighted by molar-refractivity contribution is -0.116. The van der Waals surface area contributed by atoms with Gasteiger partial charge in [0, 0.05) is 47.7 Å². The summed E-state index contributed by atoms with van der Waals surface area (Å²) in [6.45, 7) is 2.21. The molecule has 0 aliphatic heterocycles. The Hall–Kier alpha value is -2.99. The molecule has 0 fully saturated rings. The van der Waals surface area contributed by atoms with Crippen LogP contribution in [0.4, 0.5) is 5.69 Å². The summed E-state index contributed by atoms with van der Waals surface area (Å²) in [5.41, 5.74) is 2.90. The van der Waals surface area contributed by atoms with Crippen LogP contribution in [-0.2, 0) is 11.3 Å². The highest BCUT2D eigenvalue weighted by Gasteiger charge is 2.08. The Labute approximate surface area is 161 Å². The summed E-state index contributed by atoms with van der Waals surface area (Å²) in [5, 5.41) is 7.84. The van der Waals surface area contributed by atoms with Crippen molar-refractivity contribution in [3.63, 3.8) is 0 Å². The number of aryl methyl sites for hydroxylation is 1. The van der Waals surface area contributed by atoms with Crippen LogP contribution in [0.15, 0.2) is 59.7 Å². The summed E-state index contributed by atoms with van der Waals surface area (Å²) < 4.78 is 1.38. The second kappa shape index (κ2) is 8.60. The van der Waals surface area contributed by atoms with E-state index in [4.69, 9.17) is 11.6 Å². The maximum Gasteiger partial charge on any atom is 0.266 e. The maximum atomic E-state index is 12.2. The molecule has 0 bridgehead atoms. The Bertz CT molecular complexity index is 1000. The first-order chi connectivity index (χ1) is 13.0. The van der Waals surface area contributed by atoms with E-state index in [0.29, 0.717) is 29.4 Å². The number of nitrogens with zero attached hydrogens (tertiary/aromatic N) is 3. The van der Waals surface area contributed by atoms with Gasteiger partial charge in [-0.2, -0.15) is 5.10 Å². The Balaban J connectivity index is 1.61. The van der Waals surface area contributed by atoms with Gasteiger partial charge >= 0.3 is 0 Å². The number of pyridine rings is 1. The predicted octanol–water partition coefficient (Wildman–Crippen LogP) is 3.69. The molecule has 3 rings (SSSR count). The van der Waals surface area contributed by atoms with Crippen LogP contribution < -0.4 is 10.9 Å². The third-order valence-electron chi connectivity index (χ3n) is 4.16. The average Bonchev–Trinajstić information content (AvgIpc) is 2.67. The van der Waals surface area contributed by atoms with Gasteiger partial charge in [0.1, 0.15) is 0 Å². The molecule has 0 saturated heterocycles. The van der Waals surface area contributed by atoms with Crippen LogP contribution in [-0.4, -0.2) is 20.7 Å². The van der Waals surface area contributed by atoms with Crippen LogP contribution >= 0.6 is 11.6 Å². The Morgan fingerprint density at radius 1 is 1.15 bits per heavy atom. The van der Waals surface area contributed by atoms with E-state index in [-0.39, 0.29) is 17.9 Å². The topological polar surface area (TPSA) is 76.9 Å². The maximum absolute atomic E-state index is 12.2. The predicted molar refractivity (Wildman–Crippen MR) is 106 cm³/mol. The molecule has 2 aromatic heterocycles. The van der Waals surface area contributed by atoms with Gasteiger partial charge in [0.2, 0.25) is 5.91 Å². The average molecular weight is 383 g/mol. The summed E-state index contributed by atoms with van der Waals surface area (Å²) in [6, 6.07) is 12.2. The van der Waals surface area contributed by atoms with Crippen molar-refractivity contribution < 1.29 is 4.79 Å². The number of carbonyl (C=O) groups excluding carboxylic acids is 1. The highest BCUT2D eigenvalue weighted by molar-refractivity contribution is 6.31. The first kappa shape index (κ1) is 18.8. The molecule has 0 saturated carbocycles. The minimum absolute atomic E-state index is 0.126. The largest absolute Gasteiger partial charge is 0.326 e. The highest BCUT2D eigenvalue weighted by atomic mass is 35.5. The number of aromatic nitrogens is 3. The van der Waals surface area contributed by atoms with E-state index in [1.54, 1.807) is 30.6 Å². The van der Waals surface area contributed by atoms with E-state index in [0.717, 1.165) is 11.1 Å². The normalized spacial score (nSPS) is 10.6. The summed E-state index contributed by atoms with van der Waals surface area (Å²) >= 11 is 6.06. The van der Waals surface area contributed by atoms with Gasteiger partial charge in [-0.3, -0.25) is 14.6 Å². The highest BCUT2D eigenvalue weighted by Crippen LogP contribution is 2.23. The van der Waals surface area contributed by atoms with E-state index in [1.807, 2.05) is 25.1 Å². The van der Waals surface area contributed by atoms with E-state index >= 15 is 0 Å². The number of amides is 1. The van der Waals surface area contributed by atoms with Crippen molar-refractivity contribution in [3.8, 4) is 11.3 Å². The number of anilines is 1. The first-order valence-electron chi connectivity index (χ1n) is 8.58. The van der Waals surface area contributed by atoms with Crippen LogP contribution in [0, 0.1) is 6.92 Å². The third-order valence-corrected chi connectivity index (χ3v) is 4.57. The summed E-state index contributed by atoms with van der Waals surface area (Å²) in [5.74, 6) is -0.126. The van der Waals surface area contributed by atoms with Crippen LogP contribution in [0.1, 0.15) is 18.4 Å². The Kier molecular flexibility index (Phi) is 5.98. The zero-order valence-corrected chi connectivity index (χ0v) is 15.6. The fourth-order valence-electron chi connectivity index (χ4n) is 2.63. The summed E-state index contributed by atoms with van der Waals surface area (Å²) in [6.07, 6.45) is 4.13. The number of hydrogen-bond donors (Lipinski definition) is 1. The molecule has 1 aromatic carbocycles. The Morgan fingerprint density at radius 2 is 1.93 bits per heavy atom. The van der Waals surface area contributed by atoms with Gasteiger partial charge < -0.3 is 5.32 Å². The van der Waals surface area contributed by atoms with E-state index < -0.39 is 0 Å². The van der Waals surface area contributed by atoms with Crippen molar-refractivity contribution in [3.05, 3.63) is 75.8 Å². The monoisotopic (exact) mass is 382 g/mol. The van der Waals surface area contributed by atoms with E-state index in [9.17, 15) is 9.59 Å². The molecular formula is C20H19ClN4O2. The molecule has 0 aliphatic rings. The smallest absolute Gasteiger partial charge is 0.266 e. The van der Waals surface area contributed by atoms with Gasteiger partial charge in [-0.05, 0) is 49.2 Å². The lowest BCUT2D eigenvalue weighted by Crippen LogP contribution is -2.23. The van der Waals surface area contributed by atoms with Gasteiger partial charge in [0.15, 0.2) is 0 Å². The molecule has 3 aromatic rings. The summed E-state index contributed by atoms with van der Waals surface area (Å²) in [4.78, 5) is 28.2. The van der Waals surface area contributed by atoms with Crippen molar-refractivity contribution in [1.82, 2.24) is 14.8 Å². The first-order valence-corrected chi connectivity index (χ1v) is 8.96. The summed E-state index contributed by atoms with van der Waals surface area (Å²) in [7, 11) is 0. The molecule has 2 heterocycles. The fourth-order valence-corrected chi connectivity index (χ4v) is 2.81. The van der Waals surface area contributed by atoms with E-state index in [1.165, 1.54) is 10.7 Å². The third kappa shape index (κ3) is 4.80. The molecule has 0 unspecified atom stereocenters. The molecule has 0 aliphatic carbocycles. The second-order valence-corrected chi connectivity index (χ2v) is 6.49. The van der Waals surface area contributed by atoms with Crippen molar-refractivity contribution in [2.45, 2.75) is 26.3 Å². The molecule has 1 N–H and O–H groups in total. The van der Waals surface area contributed by atoms with Crippen molar-refractivity contribution in [1.29, 1.82) is 0 Å². The van der Waals surface area contributed by atoms with Gasteiger partial charge in [0.25, 0.3) is 5.56 Å². The lowest BCUT2D eigenvalue weighted by Gasteiger charge is -2.10. The minimum Gasteiger partial charge on any atom is -0.326 e. The van der Waals surface area contributed by atoms with Crippen molar-refractivity contribution in [2.75, 3.05) is 5.32 Å². The van der Waals surface area contributed by atoms with Gasteiger partial charge in [-0.15, -0.1) is 0 Å². The van der Waals surface area contributed by atoms with Crippen LogP contribution in [0.5, 0.6) is 0 Å².